The molecule has 0 aromatic heterocycles. The average Bonchev–Trinajstić information content (AvgIpc) is 2.29. The van der Waals surface area contributed by atoms with Crippen LogP contribution in [0.2, 0.25) is 18.1 Å². The molecule has 100 valence electrons. The van der Waals surface area contributed by atoms with Gasteiger partial charge in [0.2, 0.25) is 0 Å². The number of carbonyl (C=O) groups excluding carboxylic acids is 1. The Morgan fingerprint density at radius 1 is 1.24 bits per heavy atom. The molecule has 0 aromatic carbocycles. The number of aldehydes is 1. The zero-order valence-corrected chi connectivity index (χ0v) is 13.1. The van der Waals surface area contributed by atoms with E-state index in [4.69, 9.17) is 4.43 Å². The van der Waals surface area contributed by atoms with Crippen LogP contribution in [0.5, 0.6) is 0 Å². The molecule has 0 atom stereocenters. The van der Waals surface area contributed by atoms with Crippen molar-refractivity contribution in [3.05, 3.63) is 0 Å². The molecule has 0 aliphatic heterocycles. The van der Waals surface area contributed by atoms with Crippen molar-refractivity contribution in [3.63, 3.8) is 0 Å². The number of carbonyl (C=O) groups is 1. The lowest BCUT2D eigenvalue weighted by atomic mass is 9.89. The normalized spacial score (nSPS) is 26.9. The van der Waals surface area contributed by atoms with Gasteiger partial charge in [-0.25, -0.2) is 0 Å². The van der Waals surface area contributed by atoms with Crippen LogP contribution in [-0.4, -0.2) is 20.7 Å². The van der Waals surface area contributed by atoms with Gasteiger partial charge >= 0.3 is 0 Å². The van der Waals surface area contributed by atoms with Gasteiger partial charge in [0.15, 0.2) is 8.32 Å². The Hall–Kier alpha value is -0.153. The highest BCUT2D eigenvalue weighted by Crippen LogP contribution is 2.42. The fraction of sp³-hybridized carbons (Fsp3) is 0.929. The van der Waals surface area contributed by atoms with Gasteiger partial charge in [-0.05, 0) is 43.8 Å². The van der Waals surface area contributed by atoms with Crippen molar-refractivity contribution < 1.29 is 9.22 Å². The lowest BCUT2D eigenvalue weighted by Gasteiger charge is -2.42. The maximum atomic E-state index is 10.7. The summed E-state index contributed by atoms with van der Waals surface area (Å²) in [5.41, 5.74) is 0. The topological polar surface area (TPSA) is 26.3 Å². The van der Waals surface area contributed by atoms with Gasteiger partial charge in [-0.15, -0.1) is 0 Å². The molecular formula is C14H28O2Si. The zero-order chi connectivity index (χ0) is 13.1. The summed E-state index contributed by atoms with van der Waals surface area (Å²) in [6, 6.07) is 0. The van der Waals surface area contributed by atoms with E-state index in [1.807, 2.05) is 0 Å². The molecule has 0 radical (unpaired) electrons. The van der Waals surface area contributed by atoms with Crippen LogP contribution < -0.4 is 0 Å². The Bertz CT molecular complexity index is 253. The summed E-state index contributed by atoms with van der Waals surface area (Å²) in [5.74, 6) is 0.291. The molecule has 3 heteroatoms. The Morgan fingerprint density at radius 2 is 1.76 bits per heavy atom. The molecule has 0 aromatic rings. The molecule has 1 fully saturated rings. The van der Waals surface area contributed by atoms with Gasteiger partial charge in [-0.1, -0.05) is 27.2 Å². The molecular weight excluding hydrogens is 228 g/mol. The first kappa shape index (κ1) is 14.9. The Balaban J connectivity index is 2.52. The van der Waals surface area contributed by atoms with Crippen molar-refractivity contribution in [2.45, 2.75) is 77.1 Å². The van der Waals surface area contributed by atoms with Crippen molar-refractivity contribution >= 4 is 14.6 Å². The second-order valence-corrected chi connectivity index (χ2v) is 11.1. The zero-order valence-electron chi connectivity index (χ0n) is 12.1. The molecule has 17 heavy (non-hydrogen) atoms. The molecule has 1 saturated carbocycles. The monoisotopic (exact) mass is 256 g/mol. The highest BCUT2D eigenvalue weighted by molar-refractivity contribution is 6.74. The lowest BCUT2D eigenvalue weighted by molar-refractivity contribution is -0.112. The Morgan fingerprint density at radius 3 is 2.18 bits per heavy atom. The van der Waals surface area contributed by atoms with Gasteiger partial charge in [0, 0.05) is 12.0 Å². The summed E-state index contributed by atoms with van der Waals surface area (Å²) in [7, 11) is -1.64. The Kier molecular flexibility index (Phi) is 4.96. The molecule has 1 rings (SSSR count). The maximum Gasteiger partial charge on any atom is 0.192 e. The van der Waals surface area contributed by atoms with Crippen LogP contribution in [0, 0.1) is 5.92 Å². The molecule has 0 spiro atoms. The number of hydrogen-bond acceptors (Lipinski definition) is 2. The molecule has 1 aliphatic carbocycles. The van der Waals surface area contributed by atoms with E-state index in [2.05, 4.69) is 33.9 Å². The molecule has 0 N–H and O–H groups in total. The molecule has 1 aliphatic rings. The van der Waals surface area contributed by atoms with Gasteiger partial charge in [0.25, 0.3) is 0 Å². The minimum atomic E-state index is -1.64. The largest absolute Gasteiger partial charge is 0.414 e. The van der Waals surface area contributed by atoms with Crippen molar-refractivity contribution in [2.75, 3.05) is 0 Å². The van der Waals surface area contributed by atoms with E-state index in [1.165, 1.54) is 6.42 Å². The average molecular weight is 256 g/mol. The van der Waals surface area contributed by atoms with Gasteiger partial charge in [0.1, 0.15) is 6.29 Å². The summed E-state index contributed by atoms with van der Waals surface area (Å²) < 4.78 is 6.45. The van der Waals surface area contributed by atoms with Crippen molar-refractivity contribution in [1.82, 2.24) is 0 Å². The Labute approximate surface area is 107 Å². The SMILES string of the molecule is CCC(C)(C)[Si](C)(C)OC1CCC(C=O)CC1. The number of hydrogen-bond donors (Lipinski definition) is 0. The molecule has 0 amide bonds. The van der Waals surface area contributed by atoms with E-state index in [0.717, 1.165) is 32.0 Å². The van der Waals surface area contributed by atoms with E-state index in [-0.39, 0.29) is 0 Å². The van der Waals surface area contributed by atoms with Gasteiger partial charge in [-0.3, -0.25) is 0 Å². The van der Waals surface area contributed by atoms with E-state index in [1.54, 1.807) is 0 Å². The summed E-state index contributed by atoms with van der Waals surface area (Å²) >= 11 is 0. The standard InChI is InChI=1S/C14H28O2Si/c1-6-14(2,3)17(4,5)16-13-9-7-12(11-15)8-10-13/h11-13H,6-10H2,1-5H3. The van der Waals surface area contributed by atoms with Crippen molar-refractivity contribution in [3.8, 4) is 0 Å². The summed E-state index contributed by atoms with van der Waals surface area (Å²) in [5, 5.41) is 0.328. The lowest BCUT2D eigenvalue weighted by Crippen LogP contribution is -2.45. The third-order valence-corrected chi connectivity index (χ3v) is 9.42. The van der Waals surface area contributed by atoms with Crippen LogP contribution in [0.25, 0.3) is 0 Å². The van der Waals surface area contributed by atoms with Gasteiger partial charge < -0.3 is 9.22 Å². The van der Waals surface area contributed by atoms with Crippen LogP contribution in [0.3, 0.4) is 0 Å². The second-order valence-electron chi connectivity index (χ2n) is 6.54. The predicted octanol–water partition coefficient (Wildman–Crippen LogP) is 4.16. The van der Waals surface area contributed by atoms with Crippen LogP contribution in [0.4, 0.5) is 0 Å². The molecule has 0 bridgehead atoms. The summed E-state index contributed by atoms with van der Waals surface area (Å²) in [6.07, 6.45) is 6.87. The van der Waals surface area contributed by atoms with Crippen LogP contribution in [-0.2, 0) is 9.22 Å². The smallest absolute Gasteiger partial charge is 0.192 e. The van der Waals surface area contributed by atoms with Crippen LogP contribution >= 0.6 is 0 Å². The molecule has 0 unspecified atom stereocenters. The fourth-order valence-electron chi connectivity index (χ4n) is 2.34. The fourth-order valence-corrected chi connectivity index (χ4v) is 4.58. The number of rotatable bonds is 5. The maximum absolute atomic E-state index is 10.7. The van der Waals surface area contributed by atoms with E-state index < -0.39 is 8.32 Å². The molecule has 2 nitrogen and oxygen atoms in total. The van der Waals surface area contributed by atoms with E-state index in [0.29, 0.717) is 17.1 Å². The first-order chi connectivity index (χ1) is 7.82. The minimum Gasteiger partial charge on any atom is -0.414 e. The van der Waals surface area contributed by atoms with Gasteiger partial charge in [0.05, 0.1) is 0 Å². The predicted molar refractivity (Wildman–Crippen MR) is 74.7 cm³/mol. The third kappa shape index (κ3) is 3.65. The highest BCUT2D eigenvalue weighted by atomic mass is 28.4. The molecule has 0 saturated heterocycles. The van der Waals surface area contributed by atoms with Crippen molar-refractivity contribution in [2.24, 2.45) is 5.92 Å². The van der Waals surface area contributed by atoms with E-state index in [9.17, 15) is 4.79 Å². The summed E-state index contributed by atoms with van der Waals surface area (Å²) in [4.78, 5) is 10.7. The first-order valence-electron chi connectivity index (χ1n) is 6.95. The minimum absolute atomic E-state index is 0.291. The molecule has 0 heterocycles. The van der Waals surface area contributed by atoms with Crippen LogP contribution in [0.1, 0.15) is 52.9 Å². The summed E-state index contributed by atoms with van der Waals surface area (Å²) in [6.45, 7) is 11.6. The second kappa shape index (κ2) is 5.66. The van der Waals surface area contributed by atoms with Gasteiger partial charge in [-0.2, -0.15) is 0 Å². The first-order valence-corrected chi connectivity index (χ1v) is 9.86. The van der Waals surface area contributed by atoms with E-state index >= 15 is 0 Å². The third-order valence-electron chi connectivity index (χ3n) is 4.89. The van der Waals surface area contributed by atoms with Crippen molar-refractivity contribution in [1.29, 1.82) is 0 Å². The highest BCUT2D eigenvalue weighted by Gasteiger charge is 2.41. The quantitative estimate of drug-likeness (QED) is 0.545. The van der Waals surface area contributed by atoms with Crippen LogP contribution in [0.15, 0.2) is 0 Å².